The molecule has 2 N–H and O–H groups in total. The zero-order chi connectivity index (χ0) is 11.2. The van der Waals surface area contributed by atoms with Gasteiger partial charge >= 0.3 is 0 Å². The number of nitrogens with zero attached hydrogens (tertiary/aromatic N) is 2. The average molecular weight is 222 g/mol. The van der Waals surface area contributed by atoms with Gasteiger partial charge in [0.25, 0.3) is 0 Å². The molecule has 1 aliphatic rings. The highest BCUT2D eigenvalue weighted by Gasteiger charge is 2.16. The van der Waals surface area contributed by atoms with Gasteiger partial charge in [-0.1, -0.05) is 0 Å². The number of amides is 1. The fraction of sp³-hybridized carbons (Fsp3) is 0.500. The first-order valence-electron chi connectivity index (χ1n) is 5.20. The van der Waals surface area contributed by atoms with E-state index < -0.39 is 0 Å². The minimum absolute atomic E-state index is 0.0576. The second-order valence-electron chi connectivity index (χ2n) is 3.61. The predicted octanol–water partition coefficient (Wildman–Crippen LogP) is -0.206. The van der Waals surface area contributed by atoms with Gasteiger partial charge in [-0.05, 0) is 0 Å². The third-order valence-corrected chi connectivity index (χ3v) is 2.27. The van der Waals surface area contributed by atoms with Crippen molar-refractivity contribution in [2.24, 2.45) is 0 Å². The van der Waals surface area contributed by atoms with Crippen molar-refractivity contribution in [3.05, 3.63) is 18.7 Å². The first-order valence-corrected chi connectivity index (χ1v) is 5.20. The van der Waals surface area contributed by atoms with Crippen LogP contribution in [-0.4, -0.2) is 41.7 Å². The van der Waals surface area contributed by atoms with Crippen LogP contribution in [-0.2, 0) is 9.53 Å². The maximum Gasteiger partial charge on any atom is 0.226 e. The molecule has 1 fully saturated rings. The number of morpholine rings is 1. The minimum Gasteiger partial charge on any atom is -0.378 e. The summed E-state index contributed by atoms with van der Waals surface area (Å²) in [5, 5.41) is 5.95. The second kappa shape index (κ2) is 5.53. The Hall–Kier alpha value is -1.53. The molecule has 0 bridgehead atoms. The van der Waals surface area contributed by atoms with Crippen LogP contribution >= 0.6 is 0 Å². The van der Waals surface area contributed by atoms with Crippen LogP contribution in [0.15, 0.2) is 18.7 Å². The molecule has 0 saturated carbocycles. The van der Waals surface area contributed by atoms with Gasteiger partial charge in [0.1, 0.15) is 6.33 Å². The molecule has 0 aromatic carbocycles. The summed E-state index contributed by atoms with van der Waals surface area (Å²) in [5.74, 6) is -0.0576. The summed E-state index contributed by atoms with van der Waals surface area (Å²) in [5.41, 5.74) is 0.615. The van der Waals surface area contributed by atoms with Crippen LogP contribution in [0.3, 0.4) is 0 Å². The lowest BCUT2D eigenvalue weighted by Gasteiger charge is -2.23. The van der Waals surface area contributed by atoms with Crippen molar-refractivity contribution in [2.75, 3.05) is 25.1 Å². The number of nitrogens with one attached hydrogen (secondary N) is 2. The molecule has 0 aliphatic carbocycles. The molecule has 0 radical (unpaired) electrons. The van der Waals surface area contributed by atoms with Crippen molar-refractivity contribution in [3.8, 4) is 0 Å². The molecule has 1 aromatic rings. The summed E-state index contributed by atoms with van der Waals surface area (Å²) in [7, 11) is 0. The Morgan fingerprint density at radius 3 is 3.06 bits per heavy atom. The Balaban J connectivity index is 1.80. The molecular formula is C10H14N4O2. The molecular weight excluding hydrogens is 208 g/mol. The molecule has 2 rings (SSSR count). The van der Waals surface area contributed by atoms with Gasteiger partial charge in [-0.25, -0.2) is 9.97 Å². The summed E-state index contributed by atoms with van der Waals surface area (Å²) in [4.78, 5) is 19.3. The van der Waals surface area contributed by atoms with Crippen molar-refractivity contribution in [1.82, 2.24) is 15.3 Å². The SMILES string of the molecule is O=C(CC1COCCN1)Nc1cncnc1. The average Bonchev–Trinajstić information content (AvgIpc) is 2.31. The van der Waals surface area contributed by atoms with Gasteiger partial charge in [-0.3, -0.25) is 4.79 Å². The Kier molecular flexibility index (Phi) is 3.79. The molecule has 1 saturated heterocycles. The lowest BCUT2D eigenvalue weighted by Crippen LogP contribution is -2.43. The smallest absolute Gasteiger partial charge is 0.226 e. The predicted molar refractivity (Wildman–Crippen MR) is 57.9 cm³/mol. The maximum atomic E-state index is 11.6. The number of rotatable bonds is 3. The molecule has 6 heteroatoms. The van der Waals surface area contributed by atoms with Crippen molar-refractivity contribution < 1.29 is 9.53 Å². The van der Waals surface area contributed by atoms with Gasteiger partial charge in [0.05, 0.1) is 31.3 Å². The molecule has 1 unspecified atom stereocenters. The summed E-state index contributed by atoms with van der Waals surface area (Å²) < 4.78 is 5.27. The maximum absolute atomic E-state index is 11.6. The highest BCUT2D eigenvalue weighted by atomic mass is 16.5. The standard InChI is InChI=1S/C10H14N4O2/c15-10(3-8-6-16-2-1-13-8)14-9-4-11-7-12-5-9/h4-5,7-8,13H,1-3,6H2,(H,14,15). The third kappa shape index (κ3) is 3.25. The minimum atomic E-state index is -0.0576. The van der Waals surface area contributed by atoms with Crippen molar-refractivity contribution in [2.45, 2.75) is 12.5 Å². The first-order chi connectivity index (χ1) is 7.84. The van der Waals surface area contributed by atoms with Crippen molar-refractivity contribution in [3.63, 3.8) is 0 Å². The van der Waals surface area contributed by atoms with E-state index in [-0.39, 0.29) is 11.9 Å². The van der Waals surface area contributed by atoms with E-state index in [1.54, 1.807) is 12.4 Å². The van der Waals surface area contributed by atoms with Crippen LogP contribution < -0.4 is 10.6 Å². The fourth-order valence-corrected chi connectivity index (χ4v) is 1.55. The first kappa shape index (κ1) is 11.0. The van der Waals surface area contributed by atoms with E-state index in [1.165, 1.54) is 6.33 Å². The summed E-state index contributed by atoms with van der Waals surface area (Å²) in [6, 6.07) is 0.0957. The van der Waals surface area contributed by atoms with Gasteiger partial charge in [0.15, 0.2) is 0 Å². The Bertz CT molecular complexity index is 338. The van der Waals surface area contributed by atoms with E-state index in [2.05, 4.69) is 20.6 Å². The van der Waals surface area contributed by atoms with E-state index in [0.29, 0.717) is 25.3 Å². The summed E-state index contributed by atoms with van der Waals surface area (Å²) >= 11 is 0. The molecule has 1 aromatic heterocycles. The van der Waals surface area contributed by atoms with Gasteiger partial charge in [-0.2, -0.15) is 0 Å². The zero-order valence-electron chi connectivity index (χ0n) is 8.85. The molecule has 16 heavy (non-hydrogen) atoms. The van der Waals surface area contributed by atoms with Gasteiger partial charge in [0, 0.05) is 19.0 Å². The fourth-order valence-electron chi connectivity index (χ4n) is 1.55. The number of hydrogen-bond acceptors (Lipinski definition) is 5. The van der Waals surface area contributed by atoms with Gasteiger partial charge < -0.3 is 15.4 Å². The molecule has 2 heterocycles. The second-order valence-corrected chi connectivity index (χ2v) is 3.61. The monoisotopic (exact) mass is 222 g/mol. The molecule has 1 aliphatic heterocycles. The van der Waals surface area contributed by atoms with E-state index in [4.69, 9.17) is 4.74 Å². The van der Waals surface area contributed by atoms with Crippen LogP contribution in [0, 0.1) is 0 Å². The van der Waals surface area contributed by atoms with Crippen LogP contribution in [0.25, 0.3) is 0 Å². The molecule has 1 amide bonds. The van der Waals surface area contributed by atoms with Gasteiger partial charge in [0.2, 0.25) is 5.91 Å². The molecule has 1 atom stereocenters. The molecule has 6 nitrogen and oxygen atoms in total. The lowest BCUT2D eigenvalue weighted by molar-refractivity contribution is -0.117. The largest absolute Gasteiger partial charge is 0.378 e. The van der Waals surface area contributed by atoms with Crippen LogP contribution in [0.4, 0.5) is 5.69 Å². The van der Waals surface area contributed by atoms with E-state index in [0.717, 1.165) is 6.54 Å². The van der Waals surface area contributed by atoms with Crippen LogP contribution in [0.5, 0.6) is 0 Å². The Morgan fingerprint density at radius 1 is 1.56 bits per heavy atom. The highest BCUT2D eigenvalue weighted by molar-refractivity contribution is 5.90. The summed E-state index contributed by atoms with van der Waals surface area (Å²) in [6.07, 6.45) is 4.95. The van der Waals surface area contributed by atoms with Crippen molar-refractivity contribution in [1.29, 1.82) is 0 Å². The number of hydrogen-bond donors (Lipinski definition) is 2. The quantitative estimate of drug-likeness (QED) is 0.740. The van der Waals surface area contributed by atoms with E-state index in [1.807, 2.05) is 0 Å². The van der Waals surface area contributed by atoms with E-state index in [9.17, 15) is 4.79 Å². The zero-order valence-corrected chi connectivity index (χ0v) is 8.85. The Morgan fingerprint density at radius 2 is 2.38 bits per heavy atom. The number of carbonyl (C=O) groups excluding carboxylic acids is 1. The van der Waals surface area contributed by atoms with E-state index >= 15 is 0 Å². The molecule has 0 spiro atoms. The number of ether oxygens (including phenoxy) is 1. The van der Waals surface area contributed by atoms with Crippen molar-refractivity contribution >= 4 is 11.6 Å². The van der Waals surface area contributed by atoms with Crippen LogP contribution in [0.2, 0.25) is 0 Å². The summed E-state index contributed by atoms with van der Waals surface area (Å²) in [6.45, 7) is 2.09. The third-order valence-electron chi connectivity index (χ3n) is 2.27. The highest BCUT2D eigenvalue weighted by Crippen LogP contribution is 2.04. The number of aromatic nitrogens is 2. The van der Waals surface area contributed by atoms with Gasteiger partial charge in [-0.15, -0.1) is 0 Å². The normalized spacial score (nSPS) is 20.4. The number of anilines is 1. The number of carbonyl (C=O) groups is 1. The van der Waals surface area contributed by atoms with Crippen LogP contribution in [0.1, 0.15) is 6.42 Å². The lowest BCUT2D eigenvalue weighted by atomic mass is 10.2. The molecule has 86 valence electrons. The Labute approximate surface area is 93.4 Å². The topological polar surface area (TPSA) is 76.1 Å².